The van der Waals surface area contributed by atoms with E-state index in [1.165, 1.54) is 29.6 Å². The second-order valence-electron chi connectivity index (χ2n) is 7.45. The van der Waals surface area contributed by atoms with Crippen molar-refractivity contribution in [2.45, 2.75) is 11.4 Å². The number of anilines is 1. The van der Waals surface area contributed by atoms with Crippen LogP contribution in [0, 0.1) is 0 Å². The standard InChI is InChI=1S/C21H27N3O7S2/c1-30-19-9-8-18(14-20(19)33(28,29)23-10-12-31-13-11-23)22-21(25)16-24(32(2,26)27)15-17-6-4-3-5-7-17/h3-9,14H,10-13,15-16H2,1-2H3,(H,22,25). The van der Waals surface area contributed by atoms with E-state index in [0.29, 0.717) is 13.2 Å². The van der Waals surface area contributed by atoms with Crippen molar-refractivity contribution < 1.29 is 31.1 Å². The second kappa shape index (κ2) is 10.6. The average Bonchev–Trinajstić information content (AvgIpc) is 2.79. The normalized spacial score (nSPS) is 15.4. The summed E-state index contributed by atoms with van der Waals surface area (Å²) in [4.78, 5) is 12.6. The molecule has 0 atom stereocenters. The van der Waals surface area contributed by atoms with Gasteiger partial charge in [0.25, 0.3) is 0 Å². The molecule has 0 spiro atoms. The van der Waals surface area contributed by atoms with Crippen molar-refractivity contribution >= 4 is 31.6 Å². The van der Waals surface area contributed by atoms with Gasteiger partial charge in [0.2, 0.25) is 26.0 Å². The van der Waals surface area contributed by atoms with E-state index in [1.54, 1.807) is 24.3 Å². The van der Waals surface area contributed by atoms with E-state index in [2.05, 4.69) is 5.32 Å². The van der Waals surface area contributed by atoms with E-state index in [0.717, 1.165) is 16.1 Å². The summed E-state index contributed by atoms with van der Waals surface area (Å²) in [6, 6.07) is 13.2. The van der Waals surface area contributed by atoms with Crippen molar-refractivity contribution in [2.24, 2.45) is 0 Å². The lowest BCUT2D eigenvalue weighted by molar-refractivity contribution is -0.116. The van der Waals surface area contributed by atoms with Crippen LogP contribution in [0.4, 0.5) is 5.69 Å². The summed E-state index contributed by atoms with van der Waals surface area (Å²) in [5.41, 5.74) is 0.944. The monoisotopic (exact) mass is 497 g/mol. The van der Waals surface area contributed by atoms with E-state index in [9.17, 15) is 21.6 Å². The summed E-state index contributed by atoms with van der Waals surface area (Å²) in [6.07, 6.45) is 1.03. The summed E-state index contributed by atoms with van der Waals surface area (Å²) in [5.74, 6) is -0.461. The quantitative estimate of drug-likeness (QED) is 0.551. The molecule has 3 rings (SSSR count). The molecule has 33 heavy (non-hydrogen) atoms. The molecule has 10 nitrogen and oxygen atoms in total. The van der Waals surface area contributed by atoms with Crippen molar-refractivity contribution in [3.05, 3.63) is 54.1 Å². The Bertz CT molecular complexity index is 1180. The third-order valence-corrected chi connectivity index (χ3v) is 8.14. The number of morpholine rings is 1. The highest BCUT2D eigenvalue weighted by molar-refractivity contribution is 7.89. The summed E-state index contributed by atoms with van der Waals surface area (Å²) < 4.78 is 63.4. The highest BCUT2D eigenvalue weighted by Crippen LogP contribution is 2.30. The predicted molar refractivity (Wildman–Crippen MR) is 123 cm³/mol. The van der Waals surface area contributed by atoms with Gasteiger partial charge in [-0.1, -0.05) is 30.3 Å². The van der Waals surface area contributed by atoms with Crippen LogP contribution in [-0.4, -0.2) is 77.6 Å². The Morgan fingerprint density at radius 2 is 1.76 bits per heavy atom. The van der Waals surface area contributed by atoms with E-state index in [1.807, 2.05) is 6.07 Å². The predicted octanol–water partition coefficient (Wildman–Crippen LogP) is 1.12. The van der Waals surface area contributed by atoms with E-state index in [-0.39, 0.29) is 36.0 Å². The minimum atomic E-state index is -3.88. The Labute approximate surface area is 194 Å². The maximum atomic E-state index is 13.1. The molecule has 180 valence electrons. The first-order valence-corrected chi connectivity index (χ1v) is 13.4. The van der Waals surface area contributed by atoms with Gasteiger partial charge in [-0.15, -0.1) is 0 Å². The summed E-state index contributed by atoms with van der Waals surface area (Å²) in [7, 11) is -6.19. The number of ether oxygens (including phenoxy) is 2. The highest BCUT2D eigenvalue weighted by atomic mass is 32.2. The molecule has 1 amide bonds. The molecule has 0 aromatic heterocycles. The zero-order valence-corrected chi connectivity index (χ0v) is 20.1. The smallest absolute Gasteiger partial charge is 0.246 e. The number of hydrogen-bond acceptors (Lipinski definition) is 7. The zero-order valence-electron chi connectivity index (χ0n) is 18.4. The minimum absolute atomic E-state index is 0.0341. The van der Waals surface area contributed by atoms with Gasteiger partial charge in [0.05, 0.1) is 33.1 Å². The molecule has 0 radical (unpaired) electrons. The molecule has 2 aromatic rings. The Hall–Kier alpha value is -2.51. The number of benzene rings is 2. The molecule has 0 saturated carbocycles. The number of carbonyl (C=O) groups is 1. The minimum Gasteiger partial charge on any atom is -0.495 e. The first kappa shape index (κ1) is 25.1. The molecule has 12 heteroatoms. The molecule has 1 aliphatic heterocycles. The van der Waals surface area contributed by atoms with Crippen molar-refractivity contribution in [3.8, 4) is 5.75 Å². The van der Waals surface area contributed by atoms with Crippen molar-refractivity contribution in [2.75, 3.05) is 51.5 Å². The Morgan fingerprint density at radius 1 is 1.09 bits per heavy atom. The van der Waals surface area contributed by atoms with Crippen LogP contribution in [0.25, 0.3) is 0 Å². The van der Waals surface area contributed by atoms with Gasteiger partial charge < -0.3 is 14.8 Å². The lowest BCUT2D eigenvalue weighted by Crippen LogP contribution is -2.40. The average molecular weight is 498 g/mol. The molecular formula is C21H27N3O7S2. The molecule has 1 heterocycles. The maximum absolute atomic E-state index is 13.1. The fraction of sp³-hybridized carbons (Fsp3) is 0.381. The van der Waals surface area contributed by atoms with Gasteiger partial charge in [0.15, 0.2) is 0 Å². The second-order valence-corrected chi connectivity index (χ2v) is 11.3. The van der Waals surface area contributed by atoms with Crippen LogP contribution in [0.15, 0.2) is 53.4 Å². The fourth-order valence-corrected chi connectivity index (χ4v) is 5.65. The van der Waals surface area contributed by atoms with Gasteiger partial charge in [-0.2, -0.15) is 8.61 Å². The SMILES string of the molecule is COc1ccc(NC(=O)CN(Cc2ccccc2)S(C)(=O)=O)cc1S(=O)(=O)N1CCOCC1. The van der Waals surface area contributed by atoms with Gasteiger partial charge in [-0.25, -0.2) is 16.8 Å². The number of amides is 1. The van der Waals surface area contributed by atoms with E-state index < -0.39 is 32.5 Å². The van der Waals surface area contributed by atoms with Gasteiger partial charge >= 0.3 is 0 Å². The molecule has 1 saturated heterocycles. The van der Waals surface area contributed by atoms with Crippen LogP contribution in [-0.2, 0) is 36.1 Å². The number of carbonyl (C=O) groups excluding carboxylic acids is 1. The molecular weight excluding hydrogens is 470 g/mol. The van der Waals surface area contributed by atoms with Crippen LogP contribution in [0.1, 0.15) is 5.56 Å². The molecule has 1 aliphatic rings. The van der Waals surface area contributed by atoms with Crippen LogP contribution in [0.2, 0.25) is 0 Å². The topological polar surface area (TPSA) is 122 Å². The zero-order chi connectivity index (χ0) is 24.1. The molecule has 1 fully saturated rings. The number of sulfonamides is 2. The number of nitrogens with zero attached hydrogens (tertiary/aromatic N) is 2. The van der Waals surface area contributed by atoms with Gasteiger partial charge in [0.1, 0.15) is 10.6 Å². The number of rotatable bonds is 9. The molecule has 0 aliphatic carbocycles. The van der Waals surface area contributed by atoms with Crippen LogP contribution in [0.5, 0.6) is 5.75 Å². The summed E-state index contributed by atoms with van der Waals surface area (Å²) in [6.45, 7) is 0.620. The number of hydrogen-bond donors (Lipinski definition) is 1. The largest absolute Gasteiger partial charge is 0.495 e. The van der Waals surface area contributed by atoms with Crippen molar-refractivity contribution in [1.29, 1.82) is 0 Å². The lowest BCUT2D eigenvalue weighted by Gasteiger charge is -2.27. The van der Waals surface area contributed by atoms with Gasteiger partial charge in [-0.05, 0) is 23.8 Å². The third kappa shape index (κ3) is 6.51. The first-order chi connectivity index (χ1) is 15.6. The van der Waals surface area contributed by atoms with E-state index in [4.69, 9.17) is 9.47 Å². The Balaban J connectivity index is 1.79. The van der Waals surface area contributed by atoms with Crippen LogP contribution < -0.4 is 10.1 Å². The summed E-state index contributed by atoms with van der Waals surface area (Å²) in [5, 5.41) is 2.59. The number of methoxy groups -OCH3 is 1. The molecule has 0 bridgehead atoms. The molecule has 1 N–H and O–H groups in total. The highest BCUT2D eigenvalue weighted by Gasteiger charge is 2.30. The summed E-state index contributed by atoms with van der Waals surface area (Å²) >= 11 is 0. The Kier molecular flexibility index (Phi) is 8.08. The Morgan fingerprint density at radius 3 is 2.36 bits per heavy atom. The molecule has 0 unspecified atom stereocenters. The molecule has 2 aromatic carbocycles. The van der Waals surface area contributed by atoms with Gasteiger partial charge in [0, 0.05) is 25.3 Å². The number of nitrogens with one attached hydrogen (secondary N) is 1. The maximum Gasteiger partial charge on any atom is 0.246 e. The van der Waals surface area contributed by atoms with Crippen LogP contribution in [0.3, 0.4) is 0 Å². The lowest BCUT2D eigenvalue weighted by atomic mass is 10.2. The first-order valence-electron chi connectivity index (χ1n) is 10.2. The van der Waals surface area contributed by atoms with Gasteiger partial charge in [-0.3, -0.25) is 4.79 Å². The van der Waals surface area contributed by atoms with Crippen LogP contribution >= 0.6 is 0 Å². The fourth-order valence-electron chi connectivity index (χ4n) is 3.32. The van der Waals surface area contributed by atoms with E-state index >= 15 is 0 Å². The van der Waals surface area contributed by atoms with Crippen molar-refractivity contribution in [3.63, 3.8) is 0 Å². The van der Waals surface area contributed by atoms with Crippen molar-refractivity contribution in [1.82, 2.24) is 8.61 Å². The third-order valence-electron chi connectivity index (χ3n) is 5.03.